The third kappa shape index (κ3) is 3.12. The van der Waals surface area contributed by atoms with Gasteiger partial charge in [-0.2, -0.15) is 0 Å². The van der Waals surface area contributed by atoms with E-state index in [2.05, 4.69) is 24.4 Å². The number of nitrogens with zero attached hydrogens (tertiary/aromatic N) is 1. The highest BCUT2D eigenvalue weighted by Crippen LogP contribution is 2.52. The molecular weight excluding hydrogens is 330 g/mol. The summed E-state index contributed by atoms with van der Waals surface area (Å²) in [6.07, 6.45) is 2.86. The Hall–Kier alpha value is -1.92. The van der Waals surface area contributed by atoms with Crippen LogP contribution in [0.1, 0.15) is 37.7 Å². The van der Waals surface area contributed by atoms with E-state index in [9.17, 15) is 9.59 Å². The van der Waals surface area contributed by atoms with Crippen LogP contribution in [0.2, 0.25) is 0 Å². The largest absolute Gasteiger partial charge is 0.340 e. The average Bonchev–Trinajstić information content (AvgIpc) is 3.30. The van der Waals surface area contributed by atoms with Crippen LogP contribution in [0.3, 0.4) is 0 Å². The third-order valence-electron chi connectivity index (χ3n) is 6.57. The van der Waals surface area contributed by atoms with Crippen molar-refractivity contribution in [2.75, 3.05) is 19.6 Å². The summed E-state index contributed by atoms with van der Waals surface area (Å²) in [5.41, 5.74) is 3.18. The van der Waals surface area contributed by atoms with E-state index in [0.717, 1.165) is 19.4 Å². The van der Waals surface area contributed by atoms with E-state index in [1.54, 1.807) is 5.48 Å². The fourth-order valence-electron chi connectivity index (χ4n) is 4.75. The number of nitrogens with one attached hydrogen (secondary N) is 2. The van der Waals surface area contributed by atoms with Gasteiger partial charge in [0.2, 0.25) is 11.8 Å². The molecule has 3 N–H and O–H groups in total. The van der Waals surface area contributed by atoms with E-state index in [1.807, 2.05) is 23.1 Å². The number of carbonyl (C=O) groups is 2. The van der Waals surface area contributed by atoms with Crippen LogP contribution < -0.4 is 10.8 Å². The summed E-state index contributed by atoms with van der Waals surface area (Å²) in [5, 5.41) is 12.4. The number of benzene rings is 1. The first kappa shape index (κ1) is 17.5. The zero-order chi connectivity index (χ0) is 18.3. The molecule has 1 aliphatic carbocycles. The highest BCUT2D eigenvalue weighted by Gasteiger charge is 2.53. The summed E-state index contributed by atoms with van der Waals surface area (Å²) in [4.78, 5) is 27.3. The van der Waals surface area contributed by atoms with Crippen molar-refractivity contribution in [2.45, 2.75) is 38.1 Å². The molecule has 1 saturated carbocycles. The van der Waals surface area contributed by atoms with Gasteiger partial charge < -0.3 is 10.2 Å². The van der Waals surface area contributed by atoms with Gasteiger partial charge in [0.15, 0.2) is 0 Å². The van der Waals surface area contributed by atoms with Crippen molar-refractivity contribution >= 4 is 11.8 Å². The van der Waals surface area contributed by atoms with Crippen LogP contribution in [0, 0.1) is 17.3 Å². The predicted octanol–water partition coefficient (Wildman–Crippen LogP) is 1.51. The lowest BCUT2D eigenvalue weighted by Crippen LogP contribution is -2.58. The Bertz CT molecular complexity index is 689. The SMILES string of the molecule is C[C@H]1CN(C(=O)C2NCC3(CC3)CC2C(=O)NO)C[C@@H]1c1ccccc1. The Balaban J connectivity index is 1.49. The fraction of sp³-hybridized carbons (Fsp3) is 0.600. The van der Waals surface area contributed by atoms with Gasteiger partial charge in [0.05, 0.1) is 12.0 Å². The predicted molar refractivity (Wildman–Crippen MR) is 96.4 cm³/mol. The highest BCUT2D eigenvalue weighted by atomic mass is 16.5. The van der Waals surface area contributed by atoms with Crippen molar-refractivity contribution in [2.24, 2.45) is 17.3 Å². The topological polar surface area (TPSA) is 81.7 Å². The number of hydrogen-bond donors (Lipinski definition) is 3. The molecule has 4 atom stereocenters. The summed E-state index contributed by atoms with van der Waals surface area (Å²) < 4.78 is 0. The van der Waals surface area contributed by atoms with Crippen LogP contribution in [-0.4, -0.2) is 47.6 Å². The monoisotopic (exact) mass is 357 g/mol. The molecule has 3 aliphatic rings. The van der Waals surface area contributed by atoms with Crippen molar-refractivity contribution in [1.29, 1.82) is 0 Å². The molecule has 6 heteroatoms. The average molecular weight is 357 g/mol. The van der Waals surface area contributed by atoms with E-state index in [-0.39, 0.29) is 11.3 Å². The second-order valence-corrected chi connectivity index (χ2v) is 8.38. The molecule has 1 aromatic carbocycles. The van der Waals surface area contributed by atoms with Gasteiger partial charge in [0.25, 0.3) is 0 Å². The summed E-state index contributed by atoms with van der Waals surface area (Å²) in [6.45, 7) is 4.34. The lowest BCUT2D eigenvalue weighted by atomic mass is 9.81. The first-order valence-electron chi connectivity index (χ1n) is 9.54. The minimum absolute atomic E-state index is 0.0145. The second kappa shape index (κ2) is 6.67. The first-order valence-corrected chi connectivity index (χ1v) is 9.54. The van der Waals surface area contributed by atoms with Crippen LogP contribution in [0.4, 0.5) is 0 Å². The smallest absolute Gasteiger partial charge is 0.248 e. The van der Waals surface area contributed by atoms with Crippen molar-refractivity contribution in [3.05, 3.63) is 35.9 Å². The number of piperidine rings is 1. The van der Waals surface area contributed by atoms with E-state index in [0.29, 0.717) is 31.3 Å². The Morgan fingerprint density at radius 1 is 1.23 bits per heavy atom. The maximum Gasteiger partial charge on any atom is 0.248 e. The fourth-order valence-corrected chi connectivity index (χ4v) is 4.75. The number of rotatable bonds is 3. The number of hydroxylamine groups is 1. The van der Waals surface area contributed by atoms with Crippen LogP contribution in [0.25, 0.3) is 0 Å². The molecule has 6 nitrogen and oxygen atoms in total. The van der Waals surface area contributed by atoms with Gasteiger partial charge in [0, 0.05) is 25.6 Å². The molecule has 2 aliphatic heterocycles. The van der Waals surface area contributed by atoms with E-state index >= 15 is 0 Å². The minimum atomic E-state index is -0.546. The molecule has 2 unspecified atom stereocenters. The number of hydrogen-bond acceptors (Lipinski definition) is 4. The van der Waals surface area contributed by atoms with Crippen LogP contribution in [0.15, 0.2) is 30.3 Å². The van der Waals surface area contributed by atoms with E-state index in [4.69, 9.17) is 5.21 Å². The minimum Gasteiger partial charge on any atom is -0.340 e. The Kier molecular flexibility index (Phi) is 4.49. The van der Waals surface area contributed by atoms with E-state index < -0.39 is 17.9 Å². The van der Waals surface area contributed by atoms with Gasteiger partial charge in [-0.25, -0.2) is 5.48 Å². The summed E-state index contributed by atoms with van der Waals surface area (Å²) in [6, 6.07) is 9.76. The number of likely N-dealkylation sites (tertiary alicyclic amines) is 1. The Labute approximate surface area is 153 Å². The van der Waals surface area contributed by atoms with Gasteiger partial charge in [-0.15, -0.1) is 0 Å². The van der Waals surface area contributed by atoms with Gasteiger partial charge in [-0.05, 0) is 36.2 Å². The van der Waals surface area contributed by atoms with Crippen LogP contribution in [-0.2, 0) is 9.59 Å². The van der Waals surface area contributed by atoms with Gasteiger partial charge in [-0.3, -0.25) is 14.8 Å². The van der Waals surface area contributed by atoms with Gasteiger partial charge in [0.1, 0.15) is 0 Å². The molecule has 1 spiro atoms. The Morgan fingerprint density at radius 3 is 2.62 bits per heavy atom. The highest BCUT2D eigenvalue weighted by molar-refractivity contribution is 5.90. The van der Waals surface area contributed by atoms with Crippen LogP contribution >= 0.6 is 0 Å². The molecule has 26 heavy (non-hydrogen) atoms. The Morgan fingerprint density at radius 2 is 1.96 bits per heavy atom. The lowest BCUT2D eigenvalue weighted by Gasteiger charge is -2.37. The standard InChI is InChI=1S/C20H27N3O3/c1-13-10-23(11-16(13)14-5-3-2-4-6-14)19(25)17-15(18(24)22-26)9-20(7-8-20)12-21-17/h2-6,13,15-17,21,26H,7-12H2,1H3,(H,22,24)/t13-,15?,16-,17?/m0/s1. The summed E-state index contributed by atoms with van der Waals surface area (Å²) in [5.74, 6) is -0.267. The van der Waals surface area contributed by atoms with Crippen molar-refractivity contribution in [1.82, 2.24) is 15.7 Å². The molecule has 2 amide bonds. The normalized spacial score (nSPS) is 32.5. The molecule has 0 radical (unpaired) electrons. The maximum atomic E-state index is 13.2. The van der Waals surface area contributed by atoms with Gasteiger partial charge in [-0.1, -0.05) is 37.3 Å². The summed E-state index contributed by atoms with van der Waals surface area (Å²) >= 11 is 0. The van der Waals surface area contributed by atoms with Crippen molar-refractivity contribution in [3.8, 4) is 0 Å². The zero-order valence-corrected chi connectivity index (χ0v) is 15.1. The van der Waals surface area contributed by atoms with Crippen LogP contribution in [0.5, 0.6) is 0 Å². The maximum absolute atomic E-state index is 13.2. The third-order valence-corrected chi connectivity index (χ3v) is 6.57. The van der Waals surface area contributed by atoms with Crippen molar-refractivity contribution < 1.29 is 14.8 Å². The zero-order valence-electron chi connectivity index (χ0n) is 15.1. The molecule has 2 saturated heterocycles. The molecule has 1 aromatic rings. The number of carbonyl (C=O) groups excluding carboxylic acids is 2. The first-order chi connectivity index (χ1) is 12.5. The molecule has 0 aromatic heterocycles. The molecular formula is C20H27N3O3. The summed E-state index contributed by atoms with van der Waals surface area (Å²) in [7, 11) is 0. The molecule has 2 heterocycles. The van der Waals surface area contributed by atoms with Crippen molar-refractivity contribution in [3.63, 3.8) is 0 Å². The molecule has 4 rings (SSSR count). The van der Waals surface area contributed by atoms with Gasteiger partial charge >= 0.3 is 0 Å². The quantitative estimate of drug-likeness (QED) is 0.566. The molecule has 3 fully saturated rings. The lowest BCUT2D eigenvalue weighted by molar-refractivity contribution is -0.144. The molecule has 140 valence electrons. The molecule has 0 bridgehead atoms. The number of amides is 2. The second-order valence-electron chi connectivity index (χ2n) is 8.38. The van der Waals surface area contributed by atoms with E-state index in [1.165, 1.54) is 5.56 Å².